The summed E-state index contributed by atoms with van der Waals surface area (Å²) in [5.41, 5.74) is 12.6. The summed E-state index contributed by atoms with van der Waals surface area (Å²) in [7, 11) is 0. The Labute approximate surface area is 266 Å². The summed E-state index contributed by atoms with van der Waals surface area (Å²) in [4.78, 5) is 0. The first-order valence-electron chi connectivity index (χ1n) is 14.6. The molecule has 0 N–H and O–H groups in total. The zero-order valence-corrected chi connectivity index (χ0v) is 29.6. The Morgan fingerprint density at radius 2 is 1.32 bits per heavy atom. The van der Waals surface area contributed by atoms with Gasteiger partial charge in [-0.2, -0.15) is 0 Å². The maximum Gasteiger partial charge on any atom is -1.00 e. The first kappa shape index (κ1) is 31.9. The van der Waals surface area contributed by atoms with E-state index in [9.17, 15) is 0 Å². The van der Waals surface area contributed by atoms with Gasteiger partial charge in [0, 0.05) is 0 Å². The second kappa shape index (κ2) is 12.3. The van der Waals surface area contributed by atoms with Crippen molar-refractivity contribution in [3.63, 3.8) is 0 Å². The van der Waals surface area contributed by atoms with Crippen molar-refractivity contribution in [1.29, 1.82) is 0 Å². The molecule has 6 rings (SSSR count). The van der Waals surface area contributed by atoms with Gasteiger partial charge < -0.3 is 24.8 Å². The minimum Gasteiger partial charge on any atom is -1.00 e. The van der Waals surface area contributed by atoms with Crippen LogP contribution in [-0.2, 0) is 32.1 Å². The molecule has 210 valence electrons. The van der Waals surface area contributed by atoms with Gasteiger partial charge in [0.25, 0.3) is 0 Å². The molecule has 0 atom stereocenters. The van der Waals surface area contributed by atoms with E-state index in [1.807, 2.05) is 17.8 Å². The first-order chi connectivity index (χ1) is 18.1. The largest absolute Gasteiger partial charge is 1.00 e. The van der Waals surface area contributed by atoms with E-state index in [2.05, 4.69) is 107 Å². The molecule has 1 saturated carbocycles. The van der Waals surface area contributed by atoms with Crippen LogP contribution in [0.2, 0.25) is 0 Å². The van der Waals surface area contributed by atoms with Gasteiger partial charge in [-0.15, -0.1) is 0 Å². The fraction of sp³-hybridized carbons (Fsp3) is 0.417. The number of hydrogen-bond acceptors (Lipinski definition) is 1. The first-order valence-corrected chi connectivity index (χ1v) is 19.4. The molecule has 4 heteroatoms. The maximum atomic E-state index is 2.63. The van der Waals surface area contributed by atoms with Crippen molar-refractivity contribution >= 4 is 20.1 Å². The van der Waals surface area contributed by atoms with E-state index in [1.54, 1.807) is 16.7 Å². The summed E-state index contributed by atoms with van der Waals surface area (Å²) >= 11 is -0.486. The SMILES string of the molecule is CC(C)(C)c1ccc2c(c1)[CH]([Zr+2]([C]1=C(c3ccsc3)C=CC1)=[C]1CCCCC1)c1cc(C(C)(C)C)ccc1-2.[Cl-].[Cl-]. The fourth-order valence-electron chi connectivity index (χ4n) is 6.79. The molecule has 3 aliphatic rings. The molecule has 0 saturated heterocycles. The average Bonchev–Trinajstić information content (AvgIpc) is 3.63. The molecule has 2 aromatic carbocycles. The van der Waals surface area contributed by atoms with E-state index in [0.717, 1.165) is 0 Å². The van der Waals surface area contributed by atoms with Crippen molar-refractivity contribution in [3.05, 3.63) is 96.5 Å². The second-order valence-electron chi connectivity index (χ2n) is 13.6. The quantitative estimate of drug-likeness (QED) is 0.385. The van der Waals surface area contributed by atoms with Gasteiger partial charge in [0.2, 0.25) is 0 Å². The third-order valence-electron chi connectivity index (χ3n) is 8.96. The normalized spacial score (nSPS) is 16.7. The van der Waals surface area contributed by atoms with Crippen molar-refractivity contribution in [2.75, 3.05) is 0 Å². The van der Waals surface area contributed by atoms with Crippen molar-refractivity contribution in [2.45, 2.75) is 94.5 Å². The average molecular weight is 669 g/mol. The molecule has 3 aliphatic carbocycles. The van der Waals surface area contributed by atoms with Gasteiger partial charge in [0.05, 0.1) is 0 Å². The van der Waals surface area contributed by atoms with E-state index >= 15 is 0 Å². The number of rotatable bonds is 3. The zero-order valence-electron chi connectivity index (χ0n) is 24.8. The second-order valence-corrected chi connectivity index (χ2v) is 21.1. The zero-order chi connectivity index (χ0) is 26.7. The van der Waals surface area contributed by atoms with E-state index in [1.165, 1.54) is 66.3 Å². The van der Waals surface area contributed by atoms with Crippen LogP contribution >= 0.6 is 11.3 Å². The smallest absolute Gasteiger partial charge is 1.00 e. The van der Waals surface area contributed by atoms with Crippen molar-refractivity contribution < 1.29 is 46.1 Å². The van der Waals surface area contributed by atoms with Crippen LogP contribution < -0.4 is 24.8 Å². The molecular formula is C36H42Cl2SZr. The molecule has 0 radical (unpaired) electrons. The van der Waals surface area contributed by atoms with E-state index < -0.39 is 21.3 Å². The van der Waals surface area contributed by atoms with Crippen LogP contribution in [0.4, 0.5) is 0 Å². The van der Waals surface area contributed by atoms with Crippen LogP contribution in [0.15, 0.2) is 68.7 Å². The van der Waals surface area contributed by atoms with Gasteiger partial charge in [-0.3, -0.25) is 0 Å². The van der Waals surface area contributed by atoms with Gasteiger partial charge in [-0.25, -0.2) is 0 Å². The predicted octanol–water partition coefficient (Wildman–Crippen LogP) is 4.55. The van der Waals surface area contributed by atoms with Crippen LogP contribution in [0.5, 0.6) is 0 Å². The number of allylic oxidation sites excluding steroid dienone is 4. The van der Waals surface area contributed by atoms with Crippen LogP contribution in [0.3, 0.4) is 0 Å². The summed E-state index contributed by atoms with van der Waals surface area (Å²) in [6, 6.07) is 17.4. The topological polar surface area (TPSA) is 0 Å². The Balaban J connectivity index is 0.00000185. The summed E-state index contributed by atoms with van der Waals surface area (Å²) in [5.74, 6) is 0. The molecule has 0 amide bonds. The van der Waals surface area contributed by atoms with E-state index in [-0.39, 0.29) is 35.6 Å². The van der Waals surface area contributed by atoms with Gasteiger partial charge in [-0.05, 0) is 0 Å². The molecule has 0 aliphatic heterocycles. The molecule has 0 bridgehead atoms. The summed E-state index contributed by atoms with van der Waals surface area (Å²) in [6.07, 6.45) is 13.0. The van der Waals surface area contributed by atoms with Gasteiger partial charge in [0.15, 0.2) is 0 Å². The fourth-order valence-corrected chi connectivity index (χ4v) is 17.4. The number of benzene rings is 2. The number of thiophene rings is 1. The molecule has 0 spiro atoms. The van der Waals surface area contributed by atoms with Crippen molar-refractivity contribution in [1.82, 2.24) is 0 Å². The molecule has 1 aromatic heterocycles. The molecule has 1 fully saturated rings. The Bertz CT molecular complexity index is 1400. The number of fused-ring (bicyclic) bond motifs is 3. The van der Waals surface area contributed by atoms with Gasteiger partial charge in [-0.1, -0.05) is 0 Å². The van der Waals surface area contributed by atoms with Gasteiger partial charge in [0.1, 0.15) is 0 Å². The molecule has 1 heterocycles. The summed E-state index contributed by atoms with van der Waals surface area (Å²) < 4.78 is 4.44. The molecule has 40 heavy (non-hydrogen) atoms. The molecule has 0 nitrogen and oxygen atoms in total. The Morgan fingerprint density at radius 3 is 1.82 bits per heavy atom. The summed E-state index contributed by atoms with van der Waals surface area (Å²) in [5, 5.41) is 4.64. The van der Waals surface area contributed by atoms with Gasteiger partial charge >= 0.3 is 244 Å². The Kier molecular flexibility index (Phi) is 9.79. The van der Waals surface area contributed by atoms with Crippen LogP contribution in [0, 0.1) is 0 Å². The minimum atomic E-state index is -2.33. The van der Waals surface area contributed by atoms with Crippen LogP contribution in [0.25, 0.3) is 16.7 Å². The monoisotopic (exact) mass is 666 g/mol. The maximum absolute atomic E-state index is 2.63. The van der Waals surface area contributed by atoms with Crippen LogP contribution in [0.1, 0.15) is 112 Å². The van der Waals surface area contributed by atoms with E-state index in [4.69, 9.17) is 0 Å². The van der Waals surface area contributed by atoms with Crippen molar-refractivity contribution in [3.8, 4) is 11.1 Å². The molecule has 0 unspecified atom stereocenters. The molecular weight excluding hydrogens is 627 g/mol. The number of hydrogen-bond donors (Lipinski definition) is 0. The third kappa shape index (κ3) is 5.90. The van der Waals surface area contributed by atoms with Crippen molar-refractivity contribution in [2.24, 2.45) is 0 Å². The predicted molar refractivity (Wildman–Crippen MR) is 164 cm³/mol. The number of halogens is 2. The Morgan fingerprint density at radius 1 is 0.750 bits per heavy atom. The third-order valence-corrected chi connectivity index (χ3v) is 18.5. The molecule has 3 aromatic rings. The van der Waals surface area contributed by atoms with Crippen LogP contribution in [-0.4, -0.2) is 3.21 Å². The standard InChI is InChI=1S/C21H25.C9H7S.C6H10.2ClH.Zr/c1-20(2,3)16-7-9-18-14(12-16)11-15-13-17(21(4,5)6)8-10-19(15)18;1-2-4-8(3-1)9-5-6-10-7-9;1-2-4-6-5-3-1;;;/h7-13H,1-6H3;1,3,5-7H,2H2;1-5H2;2*1H;/q;;;;;+2/p-2. The minimum absolute atomic E-state index is 0. The Hall–Kier alpha value is -1.05. The summed E-state index contributed by atoms with van der Waals surface area (Å²) in [6.45, 7) is 14.2. The van der Waals surface area contributed by atoms with E-state index in [0.29, 0.717) is 3.63 Å².